The van der Waals surface area contributed by atoms with Crippen molar-refractivity contribution in [3.63, 3.8) is 0 Å². The molecule has 1 aliphatic rings. The number of aromatic nitrogens is 2. The highest BCUT2D eigenvalue weighted by Crippen LogP contribution is 2.60. The maximum Gasteiger partial charge on any atom is 0.481 e. The average molecular weight is 1060 g/mol. The fraction of sp³-hybridized carbons (Fsp3) is 0.686. The summed E-state index contributed by atoms with van der Waals surface area (Å²) in [5.41, 5.74) is 4.58. The van der Waals surface area contributed by atoms with Gasteiger partial charge in [-0.3, -0.25) is 23.2 Å². The highest BCUT2D eigenvalue weighted by atomic mass is 31.3. The monoisotopic (exact) mass is 1060 g/mol. The number of unbranched alkanes of at least 4 members (excludes halogenated alkanes) is 13. The molecule has 0 aliphatic carbocycles. The topological polar surface area (TPSA) is 286 Å². The number of nitrogens with two attached hydrogens (primary N) is 1. The number of hydrogen-bond acceptors (Lipinski definition) is 16. The number of carbonyl (C=O) groups excluding carboxylic acids is 2. The van der Waals surface area contributed by atoms with E-state index in [2.05, 4.69) is 23.1 Å². The van der Waals surface area contributed by atoms with E-state index in [0.717, 1.165) is 55.2 Å². The predicted molar refractivity (Wildman–Crippen MR) is 276 cm³/mol. The van der Waals surface area contributed by atoms with Crippen molar-refractivity contribution in [2.24, 2.45) is 5.92 Å². The van der Waals surface area contributed by atoms with Crippen LogP contribution in [0.3, 0.4) is 0 Å². The predicted octanol–water partition coefficient (Wildman–Crippen LogP) is 9.55. The van der Waals surface area contributed by atoms with Gasteiger partial charge in [0.1, 0.15) is 30.7 Å². The molecule has 1 saturated heterocycles. The lowest BCUT2D eigenvalue weighted by atomic mass is 10.0. The number of ether oxygens (including phenoxy) is 3. The van der Waals surface area contributed by atoms with E-state index >= 15 is 0 Å². The van der Waals surface area contributed by atoms with E-state index in [1.165, 1.54) is 63.9 Å². The van der Waals surface area contributed by atoms with Gasteiger partial charge < -0.3 is 45.1 Å². The van der Waals surface area contributed by atoms with Gasteiger partial charge in [0, 0.05) is 19.0 Å². The molecule has 0 radical (unpaired) electrons. The molecule has 2 heterocycles. The second-order valence-corrected chi connectivity index (χ2v) is 21.4. The third-order valence-corrected chi connectivity index (χ3v) is 14.0. The van der Waals surface area contributed by atoms with Crippen LogP contribution < -0.4 is 11.4 Å². The van der Waals surface area contributed by atoms with Crippen molar-refractivity contribution in [2.45, 2.75) is 199 Å². The summed E-state index contributed by atoms with van der Waals surface area (Å²) in [6.07, 6.45) is 32.3. The van der Waals surface area contributed by atoms with Crippen molar-refractivity contribution in [2.75, 3.05) is 25.6 Å². The Kier molecular flexibility index (Phi) is 34.1. The summed E-state index contributed by atoms with van der Waals surface area (Å²) in [6.45, 7) is 4.17. The number of esters is 2. The van der Waals surface area contributed by atoms with Crippen LogP contribution in [0.4, 0.5) is 5.82 Å². The number of aliphatic hydroxyl groups is 3. The molecule has 0 amide bonds. The Morgan fingerprint density at radius 3 is 2.00 bits per heavy atom. The van der Waals surface area contributed by atoms with Crippen LogP contribution in [-0.2, 0) is 46.3 Å². The molecule has 3 unspecified atom stereocenters. The zero-order chi connectivity index (χ0) is 53.0. The van der Waals surface area contributed by atoms with Gasteiger partial charge in [-0.05, 0) is 56.9 Å². The average Bonchev–Trinajstić information content (AvgIpc) is 3.60. The minimum absolute atomic E-state index is 0.0471. The number of anilines is 1. The fourth-order valence-corrected chi connectivity index (χ4v) is 9.49. The molecular weight excluding hydrogens is 973 g/mol. The lowest BCUT2D eigenvalue weighted by Gasteiger charge is -2.21. The minimum atomic E-state index is -5.45. The van der Waals surface area contributed by atoms with E-state index in [0.29, 0.717) is 32.1 Å². The Balaban J connectivity index is 1.83. The van der Waals surface area contributed by atoms with Crippen LogP contribution in [0.5, 0.6) is 0 Å². The van der Waals surface area contributed by atoms with Crippen LogP contribution in [0, 0.1) is 5.92 Å². The summed E-state index contributed by atoms with van der Waals surface area (Å²) in [6, 6.07) is 1.24. The lowest BCUT2D eigenvalue weighted by Crippen LogP contribution is -2.36. The van der Waals surface area contributed by atoms with E-state index in [4.69, 9.17) is 29.0 Å². The van der Waals surface area contributed by atoms with Gasteiger partial charge in [-0.15, -0.1) is 0 Å². The van der Waals surface area contributed by atoms with Crippen LogP contribution in [-0.4, -0.2) is 96.9 Å². The molecule has 0 saturated carbocycles. The first-order chi connectivity index (χ1) is 34.4. The van der Waals surface area contributed by atoms with Crippen molar-refractivity contribution in [1.82, 2.24) is 9.55 Å². The maximum absolute atomic E-state index is 12.9. The summed E-state index contributed by atoms with van der Waals surface area (Å²) in [5.74, 6) is -0.612. The molecule has 1 aromatic rings. The molecule has 1 aliphatic heterocycles. The van der Waals surface area contributed by atoms with E-state index in [9.17, 15) is 48.6 Å². The van der Waals surface area contributed by atoms with Crippen molar-refractivity contribution in [3.8, 4) is 0 Å². The third kappa shape index (κ3) is 31.2. The number of nitrogen functional groups attached to an aromatic ring is 1. The van der Waals surface area contributed by atoms with Crippen LogP contribution >= 0.6 is 15.6 Å². The lowest BCUT2D eigenvalue weighted by molar-refractivity contribution is -0.161. The maximum atomic E-state index is 12.9. The number of phosphoric ester groups is 2. The molecule has 21 heteroatoms. The molecule has 8 atom stereocenters. The third-order valence-electron chi connectivity index (χ3n) is 11.4. The second-order valence-electron chi connectivity index (χ2n) is 18.3. The number of aliphatic hydroxyl groups excluding tert-OH is 3. The SMILES string of the molecule is CC/C=C\C(O)C/C=C/C=C\C/C=C\C/C=C\CCCC(=O)O[C@H](COC(=O)CCCCCCCCCCCCCCCC(C)C)COP(=O)(O)OP(=O)(O)OC[C@H]1O[C@@H](n2ccc(N)nc2=O)[C@H](O)[C@@H]1O. The van der Waals surface area contributed by atoms with Gasteiger partial charge in [0.05, 0.1) is 19.3 Å². The highest BCUT2D eigenvalue weighted by Gasteiger charge is 2.46. The van der Waals surface area contributed by atoms with Crippen molar-refractivity contribution >= 4 is 33.4 Å². The summed E-state index contributed by atoms with van der Waals surface area (Å²) in [7, 11) is -10.9. The summed E-state index contributed by atoms with van der Waals surface area (Å²) >= 11 is 0. The Labute approximate surface area is 426 Å². The van der Waals surface area contributed by atoms with Gasteiger partial charge in [0.15, 0.2) is 12.3 Å². The van der Waals surface area contributed by atoms with Gasteiger partial charge >= 0.3 is 33.3 Å². The number of rotatable bonds is 41. The van der Waals surface area contributed by atoms with Gasteiger partial charge in [0.2, 0.25) is 0 Å². The number of phosphoric acid groups is 2. The Morgan fingerprint density at radius 2 is 1.36 bits per heavy atom. The molecule has 19 nitrogen and oxygen atoms in total. The van der Waals surface area contributed by atoms with E-state index in [1.807, 2.05) is 61.6 Å². The van der Waals surface area contributed by atoms with Gasteiger partial charge in [-0.2, -0.15) is 9.29 Å². The number of nitrogens with zero attached hydrogens (tertiary/aromatic N) is 2. The first-order valence-corrected chi connectivity index (χ1v) is 28.8. The van der Waals surface area contributed by atoms with Gasteiger partial charge in [-0.1, -0.05) is 165 Å². The zero-order valence-electron chi connectivity index (χ0n) is 42.7. The Bertz CT molecular complexity index is 1970. The molecule has 0 aromatic carbocycles. The van der Waals surface area contributed by atoms with Crippen LogP contribution in [0.15, 0.2) is 77.8 Å². The van der Waals surface area contributed by atoms with Gasteiger partial charge in [0.25, 0.3) is 0 Å². The van der Waals surface area contributed by atoms with Crippen LogP contribution in [0.25, 0.3) is 0 Å². The van der Waals surface area contributed by atoms with Crippen molar-refractivity contribution < 1.29 is 71.4 Å². The molecule has 72 heavy (non-hydrogen) atoms. The first-order valence-electron chi connectivity index (χ1n) is 25.8. The van der Waals surface area contributed by atoms with Crippen molar-refractivity contribution in [1.29, 1.82) is 0 Å². The Hall–Kier alpha value is -3.58. The van der Waals surface area contributed by atoms with E-state index in [1.54, 1.807) is 6.08 Å². The minimum Gasteiger partial charge on any atom is -0.462 e. The smallest absolute Gasteiger partial charge is 0.462 e. The van der Waals surface area contributed by atoms with Crippen LogP contribution in [0.2, 0.25) is 0 Å². The molecule has 410 valence electrons. The standard InChI is InChI=1S/C51H85N3O16P2/c1-4-5-32-42(55)33-28-24-20-16-12-9-10-14-18-22-26-30-35-47(57)68-43(38-65-46(56)34-29-25-21-17-13-8-6-7-11-15-19-23-27-31-41(2)3)39-66-71(61,62)70-72(63,64)67-40-44-48(58)49(59)50(69-44)54-37-36-45(52)53-51(54)60/h5,9-10,16,18,20,22,24,28,32,36-37,41-44,48-50,55,58-59H,4,6-8,11-15,17,19,21,23,25-27,29-31,33-35,38-40H2,1-3H3,(H,61,62)(H,63,64)(H2,52,53,60)/b10-9-,20-16-,22-18-,28-24+,32-5-/t42?,43-,44-,48-,49-,50-/m1/s1. The number of hydrogen-bond donors (Lipinski definition) is 6. The van der Waals surface area contributed by atoms with E-state index < -0.39 is 89.8 Å². The van der Waals surface area contributed by atoms with Crippen molar-refractivity contribution in [3.05, 3.63) is 83.5 Å². The molecule has 1 aromatic heterocycles. The molecular formula is C51H85N3O16P2. The quantitative estimate of drug-likeness (QED) is 0.0117. The summed E-state index contributed by atoms with van der Waals surface area (Å²) < 4.78 is 56.7. The summed E-state index contributed by atoms with van der Waals surface area (Å²) in [4.78, 5) is 61.9. The highest BCUT2D eigenvalue weighted by molar-refractivity contribution is 7.61. The molecule has 0 bridgehead atoms. The molecule has 7 N–H and O–H groups in total. The largest absolute Gasteiger partial charge is 0.481 e. The van der Waals surface area contributed by atoms with E-state index in [-0.39, 0.29) is 18.7 Å². The van der Waals surface area contributed by atoms with Crippen LogP contribution in [0.1, 0.15) is 168 Å². The number of allylic oxidation sites excluding steroid dienone is 8. The molecule has 0 spiro atoms. The van der Waals surface area contributed by atoms with Gasteiger partial charge in [-0.25, -0.2) is 13.9 Å². The normalized spacial score (nSPS) is 20.1. The molecule has 1 fully saturated rings. The second kappa shape index (κ2) is 38.0. The zero-order valence-corrected chi connectivity index (χ0v) is 44.5. The summed E-state index contributed by atoms with van der Waals surface area (Å²) in [5, 5.41) is 30.7. The fourth-order valence-electron chi connectivity index (χ4n) is 7.38. The first kappa shape index (κ1) is 64.5. The number of carbonyl (C=O) groups is 2. The molecule has 2 rings (SSSR count). The Morgan fingerprint density at radius 1 is 0.778 bits per heavy atom.